The zero-order chi connectivity index (χ0) is 16.3. The molecule has 0 aliphatic carbocycles. The average molecular weight is 298 g/mol. The first-order valence-electron chi connectivity index (χ1n) is 8.45. The summed E-state index contributed by atoms with van der Waals surface area (Å²) in [4.78, 5) is 24.1. The van der Waals surface area contributed by atoms with E-state index in [-0.39, 0.29) is 23.7 Å². The van der Waals surface area contributed by atoms with Crippen molar-refractivity contribution in [2.45, 2.75) is 78.7 Å². The summed E-state index contributed by atoms with van der Waals surface area (Å²) in [5.41, 5.74) is 5.50. The molecule has 21 heavy (non-hydrogen) atoms. The highest BCUT2D eigenvalue weighted by Crippen LogP contribution is 2.12. The monoisotopic (exact) mass is 298 g/mol. The smallest absolute Gasteiger partial charge is 0.220 e. The second-order valence-electron chi connectivity index (χ2n) is 6.37. The van der Waals surface area contributed by atoms with Gasteiger partial charge in [-0.15, -0.1) is 0 Å². The summed E-state index contributed by atoms with van der Waals surface area (Å²) in [5.74, 6) is 0.776. The number of hydrogen-bond donors (Lipinski definition) is 2. The third-order valence-corrected chi connectivity index (χ3v) is 3.99. The predicted molar refractivity (Wildman–Crippen MR) is 88.0 cm³/mol. The van der Waals surface area contributed by atoms with E-state index in [9.17, 15) is 9.59 Å². The zero-order valence-electron chi connectivity index (χ0n) is 14.3. The molecule has 2 atom stereocenters. The Bertz CT molecular complexity index is 303. The normalized spacial score (nSPS) is 14.0. The van der Waals surface area contributed by atoms with Crippen LogP contribution in [0.5, 0.6) is 0 Å². The fourth-order valence-corrected chi connectivity index (χ4v) is 2.26. The van der Waals surface area contributed by atoms with Gasteiger partial charge in [-0.2, -0.15) is 0 Å². The van der Waals surface area contributed by atoms with Crippen molar-refractivity contribution in [3.8, 4) is 0 Å². The van der Waals surface area contributed by atoms with E-state index < -0.39 is 0 Å². The molecule has 1 amide bonds. The van der Waals surface area contributed by atoms with Gasteiger partial charge in [0.05, 0.1) is 6.04 Å². The summed E-state index contributed by atoms with van der Waals surface area (Å²) >= 11 is 0. The lowest BCUT2D eigenvalue weighted by atomic mass is 9.97. The van der Waals surface area contributed by atoms with Crippen molar-refractivity contribution in [3.05, 3.63) is 0 Å². The third kappa shape index (κ3) is 9.62. The van der Waals surface area contributed by atoms with E-state index in [1.807, 2.05) is 13.8 Å². The van der Waals surface area contributed by atoms with Crippen LogP contribution in [-0.2, 0) is 9.59 Å². The quantitative estimate of drug-likeness (QED) is 0.544. The highest BCUT2D eigenvalue weighted by Gasteiger charge is 2.22. The van der Waals surface area contributed by atoms with E-state index in [4.69, 9.17) is 5.73 Å². The predicted octanol–water partition coefficient (Wildman–Crippen LogP) is 3.04. The van der Waals surface area contributed by atoms with Crippen LogP contribution in [0.3, 0.4) is 0 Å². The van der Waals surface area contributed by atoms with Crippen LogP contribution in [0.4, 0.5) is 0 Å². The Morgan fingerprint density at radius 2 is 1.71 bits per heavy atom. The van der Waals surface area contributed by atoms with Crippen LogP contribution in [-0.4, -0.2) is 24.3 Å². The van der Waals surface area contributed by atoms with E-state index in [1.54, 1.807) is 0 Å². The largest absolute Gasteiger partial charge is 0.346 e. The van der Waals surface area contributed by atoms with Crippen molar-refractivity contribution in [3.63, 3.8) is 0 Å². The Hall–Kier alpha value is -0.900. The Kier molecular flexibility index (Phi) is 11.2. The molecule has 0 aromatic heterocycles. The van der Waals surface area contributed by atoms with Gasteiger partial charge in [-0.3, -0.25) is 9.59 Å². The average Bonchev–Trinajstić information content (AvgIpc) is 2.46. The van der Waals surface area contributed by atoms with Crippen LogP contribution < -0.4 is 11.1 Å². The highest BCUT2D eigenvalue weighted by molar-refractivity contribution is 5.90. The van der Waals surface area contributed by atoms with Crippen LogP contribution in [0.15, 0.2) is 0 Å². The van der Waals surface area contributed by atoms with E-state index >= 15 is 0 Å². The lowest BCUT2D eigenvalue weighted by Gasteiger charge is -2.19. The number of carbonyl (C=O) groups is 2. The third-order valence-electron chi connectivity index (χ3n) is 3.99. The van der Waals surface area contributed by atoms with Crippen LogP contribution in [0, 0.1) is 11.8 Å². The molecule has 0 saturated carbocycles. The minimum atomic E-state index is -0.365. The fraction of sp³-hybridized carbons (Fsp3) is 0.882. The summed E-state index contributed by atoms with van der Waals surface area (Å²) in [7, 11) is 0. The van der Waals surface area contributed by atoms with Crippen molar-refractivity contribution >= 4 is 11.7 Å². The van der Waals surface area contributed by atoms with Crippen LogP contribution >= 0.6 is 0 Å². The number of Topliss-reactive ketones (excluding diaryl/α,β-unsaturated/α-hetero) is 1. The number of nitrogens with two attached hydrogens (primary N) is 1. The first kappa shape index (κ1) is 20.1. The zero-order valence-corrected chi connectivity index (χ0v) is 14.3. The molecule has 0 fully saturated rings. The molecule has 0 bridgehead atoms. The van der Waals surface area contributed by atoms with Gasteiger partial charge in [0.1, 0.15) is 0 Å². The highest BCUT2D eigenvalue weighted by atomic mass is 16.2. The summed E-state index contributed by atoms with van der Waals surface area (Å²) in [6.45, 7) is 8.72. The summed E-state index contributed by atoms with van der Waals surface area (Å²) in [6.07, 6.45) is 6.26. The molecule has 0 aliphatic heterocycles. The van der Waals surface area contributed by atoms with Crippen LogP contribution in [0.25, 0.3) is 0 Å². The fourth-order valence-electron chi connectivity index (χ4n) is 2.26. The number of hydrogen-bond acceptors (Lipinski definition) is 3. The second kappa shape index (κ2) is 11.7. The van der Waals surface area contributed by atoms with Crippen molar-refractivity contribution in [2.75, 3.05) is 6.54 Å². The number of nitrogens with one attached hydrogen (secondary N) is 1. The molecule has 0 spiro atoms. The minimum absolute atomic E-state index is 0.00447. The maximum Gasteiger partial charge on any atom is 0.220 e. The molecule has 3 N–H and O–H groups in total. The minimum Gasteiger partial charge on any atom is -0.346 e. The first-order valence-corrected chi connectivity index (χ1v) is 8.45. The Morgan fingerprint density at radius 3 is 2.24 bits per heavy atom. The molecule has 0 aromatic carbocycles. The number of rotatable bonds is 12. The summed E-state index contributed by atoms with van der Waals surface area (Å²) in [5, 5.41) is 2.89. The summed E-state index contributed by atoms with van der Waals surface area (Å²) in [6, 6.07) is -0.365. The van der Waals surface area contributed by atoms with E-state index in [0.717, 1.165) is 25.2 Å². The van der Waals surface area contributed by atoms with Crippen molar-refractivity contribution in [1.82, 2.24) is 5.32 Å². The van der Waals surface area contributed by atoms with Crippen molar-refractivity contribution in [1.29, 1.82) is 0 Å². The summed E-state index contributed by atoms with van der Waals surface area (Å²) < 4.78 is 0. The molecule has 124 valence electrons. The van der Waals surface area contributed by atoms with E-state index in [1.165, 1.54) is 12.8 Å². The van der Waals surface area contributed by atoms with Crippen molar-refractivity contribution in [2.24, 2.45) is 17.6 Å². The molecule has 0 heterocycles. The number of ketones is 1. The SMILES string of the molecule is CCC(C)CCCCC(=O)N[C@@H](CCCN)C(=O)C(C)C. The molecule has 0 saturated heterocycles. The molecular weight excluding hydrogens is 264 g/mol. The second-order valence-corrected chi connectivity index (χ2v) is 6.37. The Morgan fingerprint density at radius 1 is 1.05 bits per heavy atom. The van der Waals surface area contributed by atoms with E-state index in [2.05, 4.69) is 19.2 Å². The lowest BCUT2D eigenvalue weighted by molar-refractivity contribution is -0.129. The van der Waals surface area contributed by atoms with Gasteiger partial charge in [-0.25, -0.2) is 0 Å². The van der Waals surface area contributed by atoms with Gasteiger partial charge in [0.25, 0.3) is 0 Å². The molecule has 0 radical (unpaired) electrons. The molecule has 4 heteroatoms. The van der Waals surface area contributed by atoms with Gasteiger partial charge in [0.2, 0.25) is 5.91 Å². The Balaban J connectivity index is 4.12. The van der Waals surface area contributed by atoms with Gasteiger partial charge in [0.15, 0.2) is 5.78 Å². The molecule has 1 unspecified atom stereocenters. The molecule has 0 rings (SSSR count). The van der Waals surface area contributed by atoms with Gasteiger partial charge >= 0.3 is 0 Å². The van der Waals surface area contributed by atoms with Gasteiger partial charge in [0, 0.05) is 12.3 Å². The van der Waals surface area contributed by atoms with Gasteiger partial charge in [-0.05, 0) is 31.7 Å². The number of amides is 1. The maximum atomic E-state index is 12.1. The van der Waals surface area contributed by atoms with Crippen LogP contribution in [0.1, 0.15) is 72.6 Å². The standard InChI is InChI=1S/C17H34N2O2/c1-5-14(4)9-6-7-11-16(20)19-15(10-8-12-18)17(21)13(2)3/h13-15H,5-12,18H2,1-4H3,(H,19,20)/t14?,15-/m0/s1. The lowest BCUT2D eigenvalue weighted by Crippen LogP contribution is -2.42. The van der Waals surface area contributed by atoms with Crippen LogP contribution in [0.2, 0.25) is 0 Å². The molecule has 4 nitrogen and oxygen atoms in total. The molecule has 0 aromatic rings. The Labute approximate surface area is 130 Å². The van der Waals surface area contributed by atoms with Crippen molar-refractivity contribution < 1.29 is 9.59 Å². The number of unbranched alkanes of at least 4 members (excludes halogenated alkanes) is 1. The van der Waals surface area contributed by atoms with Gasteiger partial charge < -0.3 is 11.1 Å². The molecular formula is C17H34N2O2. The molecule has 0 aliphatic rings. The first-order chi connectivity index (χ1) is 9.92. The maximum absolute atomic E-state index is 12.1. The van der Waals surface area contributed by atoms with E-state index in [0.29, 0.717) is 19.4 Å². The van der Waals surface area contributed by atoms with Gasteiger partial charge in [-0.1, -0.05) is 47.0 Å². The number of carbonyl (C=O) groups excluding carboxylic acids is 2. The topological polar surface area (TPSA) is 72.2 Å².